The number of rotatable bonds is 10. The molecule has 1 aromatic carbocycles. The molecule has 1 amide bonds. The molecule has 0 aliphatic heterocycles. The number of anilines is 2. The summed E-state index contributed by atoms with van der Waals surface area (Å²) in [7, 11) is 4.51. The minimum Gasteiger partial charge on any atom is -0.493 e. The third kappa shape index (κ3) is 6.00. The lowest BCUT2D eigenvalue weighted by molar-refractivity contribution is -0.114. The number of H-pyrrole nitrogens is 1. The fourth-order valence-electron chi connectivity index (χ4n) is 3.50. The number of carbonyl (C=O) groups excluding carboxylic acids is 1. The topological polar surface area (TPSA) is 129 Å². The molecule has 0 saturated heterocycles. The minimum absolute atomic E-state index is 0.0304. The Morgan fingerprint density at radius 1 is 1.06 bits per heavy atom. The molecule has 1 aromatic heterocycles. The van der Waals surface area contributed by atoms with Crippen molar-refractivity contribution < 1.29 is 19.0 Å². The van der Waals surface area contributed by atoms with Crippen molar-refractivity contribution in [2.24, 2.45) is 11.8 Å². The van der Waals surface area contributed by atoms with E-state index in [4.69, 9.17) is 19.9 Å². The molecule has 10 nitrogen and oxygen atoms in total. The standard InChI is InChI=1S/C24H34N4O6/c1-14(2)12-27(20-22(25)28(13-15(3)4)24(31)26-23(20)30)19(29)9-8-16-10-17(32-5)21(34-7)18(11-16)33-6/h8-11,14-15H,12-13,25H2,1-7H3,(H,26,30,31)/b9-8+. The second-order valence-corrected chi connectivity index (χ2v) is 8.63. The predicted molar refractivity (Wildman–Crippen MR) is 133 cm³/mol. The van der Waals surface area contributed by atoms with Gasteiger partial charge in [0.1, 0.15) is 5.82 Å². The van der Waals surface area contributed by atoms with Crippen molar-refractivity contribution in [2.75, 3.05) is 38.5 Å². The molecular weight excluding hydrogens is 440 g/mol. The highest BCUT2D eigenvalue weighted by molar-refractivity contribution is 6.05. The SMILES string of the molecule is COc1cc(/C=C/C(=O)N(CC(C)C)c2c(N)n(CC(C)C)c(=O)[nH]c2=O)cc(OC)c1OC. The first-order valence-corrected chi connectivity index (χ1v) is 11.0. The molecule has 0 aliphatic rings. The number of nitrogen functional groups attached to an aromatic ring is 1. The van der Waals surface area contributed by atoms with Crippen LogP contribution in [-0.2, 0) is 11.3 Å². The summed E-state index contributed by atoms with van der Waals surface area (Å²) in [6.07, 6.45) is 2.91. The van der Waals surface area contributed by atoms with E-state index in [1.165, 1.54) is 36.9 Å². The summed E-state index contributed by atoms with van der Waals surface area (Å²) in [5, 5.41) is 0. The number of nitrogens with zero attached hydrogens (tertiary/aromatic N) is 2. The molecule has 0 radical (unpaired) electrons. The Balaban J connectivity index is 2.54. The Labute approximate surface area is 198 Å². The van der Waals surface area contributed by atoms with Crippen LogP contribution in [0.4, 0.5) is 11.5 Å². The fourth-order valence-corrected chi connectivity index (χ4v) is 3.50. The van der Waals surface area contributed by atoms with Crippen LogP contribution in [0.5, 0.6) is 17.2 Å². The van der Waals surface area contributed by atoms with Gasteiger partial charge in [-0.05, 0) is 35.6 Å². The minimum atomic E-state index is -0.710. The summed E-state index contributed by atoms with van der Waals surface area (Å²) in [6.45, 7) is 8.21. The number of nitrogens with one attached hydrogen (secondary N) is 1. The lowest BCUT2D eigenvalue weighted by Gasteiger charge is -2.25. The summed E-state index contributed by atoms with van der Waals surface area (Å²) >= 11 is 0. The van der Waals surface area contributed by atoms with Crippen LogP contribution >= 0.6 is 0 Å². The normalized spacial score (nSPS) is 11.3. The number of nitrogens with two attached hydrogens (primary N) is 1. The Morgan fingerprint density at radius 2 is 1.65 bits per heavy atom. The van der Waals surface area contributed by atoms with Crippen LogP contribution in [0, 0.1) is 11.8 Å². The van der Waals surface area contributed by atoms with Crippen LogP contribution in [0.25, 0.3) is 6.08 Å². The number of aromatic amines is 1. The first kappa shape index (κ1) is 26.6. The van der Waals surface area contributed by atoms with Gasteiger partial charge in [-0.2, -0.15) is 0 Å². The maximum absolute atomic E-state index is 13.3. The van der Waals surface area contributed by atoms with E-state index in [0.717, 1.165) is 0 Å². The molecule has 0 atom stereocenters. The van der Waals surface area contributed by atoms with Gasteiger partial charge in [-0.1, -0.05) is 27.7 Å². The van der Waals surface area contributed by atoms with Crippen LogP contribution in [0.2, 0.25) is 0 Å². The second-order valence-electron chi connectivity index (χ2n) is 8.63. The van der Waals surface area contributed by atoms with Crippen molar-refractivity contribution in [3.05, 3.63) is 44.6 Å². The number of benzene rings is 1. The average molecular weight is 475 g/mol. The van der Waals surface area contributed by atoms with Gasteiger partial charge in [0.15, 0.2) is 17.2 Å². The molecule has 10 heteroatoms. The van der Waals surface area contributed by atoms with Crippen LogP contribution in [0.1, 0.15) is 33.3 Å². The van der Waals surface area contributed by atoms with E-state index in [9.17, 15) is 14.4 Å². The Kier molecular flexibility index (Phi) is 8.94. The van der Waals surface area contributed by atoms with E-state index in [2.05, 4.69) is 4.98 Å². The zero-order valence-corrected chi connectivity index (χ0v) is 20.8. The van der Waals surface area contributed by atoms with Crippen molar-refractivity contribution in [1.82, 2.24) is 9.55 Å². The van der Waals surface area contributed by atoms with E-state index in [1.54, 1.807) is 18.2 Å². The van der Waals surface area contributed by atoms with Gasteiger partial charge in [0.05, 0.1) is 21.3 Å². The third-order valence-corrected chi connectivity index (χ3v) is 4.95. The van der Waals surface area contributed by atoms with E-state index in [-0.39, 0.29) is 29.9 Å². The van der Waals surface area contributed by atoms with Gasteiger partial charge in [0.25, 0.3) is 11.5 Å². The molecular formula is C24H34N4O6. The van der Waals surface area contributed by atoms with Gasteiger partial charge in [0, 0.05) is 19.2 Å². The Bertz CT molecular complexity index is 1140. The molecule has 2 aromatic rings. The lowest BCUT2D eigenvalue weighted by atomic mass is 10.1. The molecule has 1 heterocycles. The van der Waals surface area contributed by atoms with Crippen molar-refractivity contribution in [3.8, 4) is 17.2 Å². The molecule has 34 heavy (non-hydrogen) atoms. The maximum atomic E-state index is 13.3. The van der Waals surface area contributed by atoms with E-state index >= 15 is 0 Å². The summed E-state index contributed by atoms with van der Waals surface area (Å²) in [5.74, 6) is 0.938. The molecule has 186 valence electrons. The van der Waals surface area contributed by atoms with Crippen molar-refractivity contribution in [3.63, 3.8) is 0 Å². The van der Waals surface area contributed by atoms with Crippen LogP contribution in [-0.4, -0.2) is 43.3 Å². The second kappa shape index (κ2) is 11.4. The number of aromatic nitrogens is 2. The number of amides is 1. The van der Waals surface area contributed by atoms with Gasteiger partial charge < -0.3 is 24.8 Å². The molecule has 3 N–H and O–H groups in total. The van der Waals surface area contributed by atoms with Gasteiger partial charge in [0.2, 0.25) is 5.75 Å². The average Bonchev–Trinajstić information content (AvgIpc) is 2.78. The fraction of sp³-hybridized carbons (Fsp3) is 0.458. The molecule has 0 aliphatic carbocycles. The molecule has 0 saturated carbocycles. The van der Waals surface area contributed by atoms with Gasteiger partial charge in [-0.3, -0.25) is 19.1 Å². The van der Waals surface area contributed by atoms with E-state index in [0.29, 0.717) is 29.4 Å². The number of carbonyl (C=O) groups is 1. The van der Waals surface area contributed by atoms with Crippen molar-refractivity contribution in [2.45, 2.75) is 34.2 Å². The molecule has 0 fully saturated rings. The number of hydrogen-bond acceptors (Lipinski definition) is 7. The number of hydrogen-bond donors (Lipinski definition) is 2. The first-order valence-electron chi connectivity index (χ1n) is 11.0. The summed E-state index contributed by atoms with van der Waals surface area (Å²) in [4.78, 5) is 41.9. The van der Waals surface area contributed by atoms with E-state index < -0.39 is 17.2 Å². The van der Waals surface area contributed by atoms with Crippen LogP contribution in [0.3, 0.4) is 0 Å². The zero-order chi connectivity index (χ0) is 25.6. The largest absolute Gasteiger partial charge is 0.493 e. The lowest BCUT2D eigenvalue weighted by Crippen LogP contribution is -2.42. The summed E-state index contributed by atoms with van der Waals surface area (Å²) in [6, 6.07) is 3.39. The highest BCUT2D eigenvalue weighted by Gasteiger charge is 2.24. The monoisotopic (exact) mass is 474 g/mol. The van der Waals surface area contributed by atoms with Gasteiger partial charge in [-0.25, -0.2) is 4.79 Å². The highest BCUT2D eigenvalue weighted by atomic mass is 16.5. The molecule has 0 spiro atoms. The Hall–Kier alpha value is -3.69. The molecule has 0 unspecified atom stereocenters. The number of methoxy groups -OCH3 is 3. The smallest absolute Gasteiger partial charge is 0.330 e. The van der Waals surface area contributed by atoms with Crippen LogP contribution in [0.15, 0.2) is 27.8 Å². The quantitative estimate of drug-likeness (QED) is 0.506. The Morgan fingerprint density at radius 3 is 2.12 bits per heavy atom. The highest BCUT2D eigenvalue weighted by Crippen LogP contribution is 2.38. The van der Waals surface area contributed by atoms with Gasteiger partial charge >= 0.3 is 5.69 Å². The van der Waals surface area contributed by atoms with Gasteiger partial charge in [-0.15, -0.1) is 0 Å². The summed E-state index contributed by atoms with van der Waals surface area (Å²) in [5.41, 5.74) is 5.50. The third-order valence-electron chi connectivity index (χ3n) is 4.95. The number of ether oxygens (including phenoxy) is 3. The van der Waals surface area contributed by atoms with E-state index in [1.807, 2.05) is 27.7 Å². The summed E-state index contributed by atoms with van der Waals surface area (Å²) < 4.78 is 17.3. The molecule has 2 rings (SSSR count). The maximum Gasteiger partial charge on any atom is 0.330 e. The van der Waals surface area contributed by atoms with Crippen molar-refractivity contribution in [1.29, 1.82) is 0 Å². The van der Waals surface area contributed by atoms with Crippen molar-refractivity contribution >= 4 is 23.5 Å². The molecule has 0 bridgehead atoms. The zero-order valence-electron chi connectivity index (χ0n) is 20.8. The predicted octanol–water partition coefficient (Wildman–Crippen LogP) is 2.50. The first-order chi connectivity index (χ1) is 16.0. The van der Waals surface area contributed by atoms with Crippen LogP contribution < -0.4 is 36.1 Å².